The standard InChI is InChI=1S/C19H20O2/c1-3-15-10-11-18(14-16(15)4-2)21-13-12-19(20)17-8-6-5-7-9-17/h3-11,14,19-20H,1-2,12-13H2. The van der Waals surface area contributed by atoms with E-state index >= 15 is 0 Å². The molecule has 0 aliphatic heterocycles. The van der Waals surface area contributed by atoms with Crippen LogP contribution in [0.15, 0.2) is 61.7 Å². The summed E-state index contributed by atoms with van der Waals surface area (Å²) in [6.07, 6.45) is 3.62. The Labute approximate surface area is 126 Å². The van der Waals surface area contributed by atoms with Gasteiger partial charge >= 0.3 is 0 Å². The average molecular weight is 280 g/mol. The van der Waals surface area contributed by atoms with Crippen molar-refractivity contribution in [3.63, 3.8) is 0 Å². The minimum Gasteiger partial charge on any atom is -0.493 e. The number of hydrogen-bond acceptors (Lipinski definition) is 2. The van der Waals surface area contributed by atoms with Gasteiger partial charge in [-0.3, -0.25) is 0 Å². The number of aliphatic hydroxyl groups is 1. The Kier molecular flexibility index (Phi) is 5.35. The second kappa shape index (κ2) is 7.46. The van der Waals surface area contributed by atoms with E-state index in [2.05, 4.69) is 13.2 Å². The highest BCUT2D eigenvalue weighted by molar-refractivity contribution is 5.65. The lowest BCUT2D eigenvalue weighted by molar-refractivity contribution is 0.141. The lowest BCUT2D eigenvalue weighted by Crippen LogP contribution is -2.05. The molecule has 0 bridgehead atoms. The van der Waals surface area contributed by atoms with E-state index in [1.54, 1.807) is 12.2 Å². The van der Waals surface area contributed by atoms with Gasteiger partial charge in [-0.05, 0) is 28.8 Å². The van der Waals surface area contributed by atoms with Crippen molar-refractivity contribution in [2.75, 3.05) is 6.61 Å². The average Bonchev–Trinajstić information content (AvgIpc) is 2.55. The van der Waals surface area contributed by atoms with Gasteiger partial charge in [-0.1, -0.05) is 61.7 Å². The van der Waals surface area contributed by atoms with Crippen LogP contribution in [0.4, 0.5) is 0 Å². The summed E-state index contributed by atoms with van der Waals surface area (Å²) in [5, 5.41) is 10.1. The number of hydrogen-bond donors (Lipinski definition) is 1. The molecule has 2 aromatic carbocycles. The predicted molar refractivity (Wildman–Crippen MR) is 88.1 cm³/mol. The molecule has 1 atom stereocenters. The Morgan fingerprint density at radius 1 is 1.00 bits per heavy atom. The van der Waals surface area contributed by atoms with Gasteiger partial charge in [-0.15, -0.1) is 0 Å². The van der Waals surface area contributed by atoms with E-state index in [0.29, 0.717) is 13.0 Å². The topological polar surface area (TPSA) is 29.5 Å². The van der Waals surface area contributed by atoms with E-state index < -0.39 is 6.10 Å². The molecule has 2 rings (SSSR count). The van der Waals surface area contributed by atoms with Gasteiger partial charge in [0.05, 0.1) is 12.7 Å². The maximum absolute atomic E-state index is 10.1. The molecule has 0 radical (unpaired) electrons. The minimum absolute atomic E-state index is 0.458. The first kappa shape index (κ1) is 15.1. The third kappa shape index (κ3) is 4.07. The summed E-state index contributed by atoms with van der Waals surface area (Å²) in [6, 6.07) is 15.4. The molecule has 0 aromatic heterocycles. The molecule has 0 spiro atoms. The summed E-state index contributed by atoms with van der Waals surface area (Å²) >= 11 is 0. The molecule has 0 aliphatic rings. The fraction of sp³-hybridized carbons (Fsp3) is 0.158. The molecule has 0 saturated heterocycles. The van der Waals surface area contributed by atoms with Crippen LogP contribution >= 0.6 is 0 Å². The first-order valence-corrected chi connectivity index (χ1v) is 6.99. The third-order valence-corrected chi connectivity index (χ3v) is 3.34. The second-order valence-corrected chi connectivity index (χ2v) is 4.76. The fourth-order valence-electron chi connectivity index (χ4n) is 2.14. The van der Waals surface area contributed by atoms with Crippen LogP contribution < -0.4 is 4.74 Å². The van der Waals surface area contributed by atoms with Crippen molar-refractivity contribution < 1.29 is 9.84 Å². The van der Waals surface area contributed by atoms with Gasteiger partial charge in [0.15, 0.2) is 0 Å². The summed E-state index contributed by atoms with van der Waals surface area (Å²) in [4.78, 5) is 0. The highest BCUT2D eigenvalue weighted by Gasteiger charge is 2.07. The van der Waals surface area contributed by atoms with Crippen LogP contribution in [0.25, 0.3) is 12.2 Å². The minimum atomic E-state index is -0.502. The Morgan fingerprint density at radius 3 is 2.38 bits per heavy atom. The van der Waals surface area contributed by atoms with Crippen molar-refractivity contribution in [2.45, 2.75) is 12.5 Å². The molecule has 0 amide bonds. The van der Waals surface area contributed by atoms with Crippen LogP contribution in [-0.4, -0.2) is 11.7 Å². The van der Waals surface area contributed by atoms with Crippen molar-refractivity contribution in [3.8, 4) is 5.75 Å². The largest absolute Gasteiger partial charge is 0.493 e. The number of benzene rings is 2. The molecule has 0 saturated carbocycles. The Balaban J connectivity index is 1.91. The van der Waals surface area contributed by atoms with Gasteiger partial charge in [0.2, 0.25) is 0 Å². The quantitative estimate of drug-likeness (QED) is 0.810. The zero-order valence-corrected chi connectivity index (χ0v) is 12.0. The summed E-state index contributed by atoms with van der Waals surface area (Å²) in [6.45, 7) is 8.01. The molecular formula is C19H20O2. The van der Waals surface area contributed by atoms with Gasteiger partial charge < -0.3 is 9.84 Å². The maximum atomic E-state index is 10.1. The van der Waals surface area contributed by atoms with Crippen LogP contribution in [0.3, 0.4) is 0 Å². The van der Waals surface area contributed by atoms with Crippen LogP contribution in [-0.2, 0) is 0 Å². The van der Waals surface area contributed by atoms with E-state index in [4.69, 9.17) is 4.74 Å². The highest BCUT2D eigenvalue weighted by atomic mass is 16.5. The van der Waals surface area contributed by atoms with Crippen molar-refractivity contribution >= 4 is 12.2 Å². The van der Waals surface area contributed by atoms with Gasteiger partial charge in [0.25, 0.3) is 0 Å². The summed E-state index contributed by atoms with van der Waals surface area (Å²) in [7, 11) is 0. The summed E-state index contributed by atoms with van der Waals surface area (Å²) < 4.78 is 5.70. The monoisotopic (exact) mass is 280 g/mol. The first-order chi connectivity index (χ1) is 10.2. The van der Waals surface area contributed by atoms with Crippen LogP contribution in [0.1, 0.15) is 29.2 Å². The zero-order chi connectivity index (χ0) is 15.1. The second-order valence-electron chi connectivity index (χ2n) is 4.76. The van der Waals surface area contributed by atoms with E-state index in [1.165, 1.54) is 0 Å². The lowest BCUT2D eigenvalue weighted by atomic mass is 10.1. The van der Waals surface area contributed by atoms with Gasteiger partial charge in [0, 0.05) is 6.42 Å². The maximum Gasteiger partial charge on any atom is 0.119 e. The SMILES string of the molecule is C=Cc1ccc(OCCC(O)c2ccccc2)cc1C=C. The first-order valence-electron chi connectivity index (χ1n) is 6.99. The van der Waals surface area contributed by atoms with E-state index in [1.807, 2.05) is 48.5 Å². The highest BCUT2D eigenvalue weighted by Crippen LogP contribution is 2.21. The van der Waals surface area contributed by atoms with Crippen molar-refractivity contribution in [3.05, 3.63) is 78.4 Å². The number of ether oxygens (including phenoxy) is 1. The van der Waals surface area contributed by atoms with Crippen LogP contribution in [0.2, 0.25) is 0 Å². The number of aliphatic hydroxyl groups excluding tert-OH is 1. The molecule has 1 N–H and O–H groups in total. The van der Waals surface area contributed by atoms with Gasteiger partial charge in [0.1, 0.15) is 5.75 Å². The molecular weight excluding hydrogens is 260 g/mol. The summed E-state index contributed by atoms with van der Waals surface area (Å²) in [5.41, 5.74) is 2.93. The van der Waals surface area contributed by atoms with Crippen LogP contribution in [0, 0.1) is 0 Å². The van der Waals surface area contributed by atoms with Crippen LogP contribution in [0.5, 0.6) is 5.75 Å². The molecule has 2 nitrogen and oxygen atoms in total. The van der Waals surface area contributed by atoms with E-state index in [9.17, 15) is 5.11 Å². The summed E-state index contributed by atoms with van der Waals surface area (Å²) in [5.74, 6) is 0.774. The normalized spacial score (nSPS) is 11.7. The van der Waals surface area contributed by atoms with Crippen molar-refractivity contribution in [2.24, 2.45) is 0 Å². The molecule has 2 heteroatoms. The van der Waals surface area contributed by atoms with E-state index in [-0.39, 0.29) is 0 Å². The van der Waals surface area contributed by atoms with Gasteiger partial charge in [-0.2, -0.15) is 0 Å². The molecule has 0 fully saturated rings. The van der Waals surface area contributed by atoms with E-state index in [0.717, 1.165) is 22.4 Å². The van der Waals surface area contributed by atoms with Gasteiger partial charge in [-0.25, -0.2) is 0 Å². The Morgan fingerprint density at radius 2 is 1.71 bits per heavy atom. The molecule has 21 heavy (non-hydrogen) atoms. The molecule has 2 aromatic rings. The molecule has 108 valence electrons. The lowest BCUT2D eigenvalue weighted by Gasteiger charge is -2.12. The third-order valence-electron chi connectivity index (χ3n) is 3.34. The smallest absolute Gasteiger partial charge is 0.119 e. The molecule has 0 heterocycles. The fourth-order valence-corrected chi connectivity index (χ4v) is 2.14. The Bertz CT molecular complexity index is 602. The zero-order valence-electron chi connectivity index (χ0n) is 12.0. The van der Waals surface area contributed by atoms with Crippen molar-refractivity contribution in [1.82, 2.24) is 0 Å². The number of rotatable bonds is 7. The Hall–Kier alpha value is -2.32. The molecule has 1 unspecified atom stereocenters. The van der Waals surface area contributed by atoms with Crippen molar-refractivity contribution in [1.29, 1.82) is 0 Å². The predicted octanol–water partition coefficient (Wildman–Crippen LogP) is 4.48. The molecule has 0 aliphatic carbocycles.